The van der Waals surface area contributed by atoms with Gasteiger partial charge in [-0.3, -0.25) is 0 Å². The molecule has 2 aromatic heterocycles. The van der Waals surface area contributed by atoms with Gasteiger partial charge in [0.05, 0.1) is 0 Å². The van der Waals surface area contributed by atoms with E-state index in [-0.39, 0.29) is 10.7 Å². The maximum absolute atomic E-state index is 11.1. The van der Waals surface area contributed by atoms with Crippen molar-refractivity contribution in [2.24, 2.45) is 0 Å². The molecule has 0 spiro atoms. The van der Waals surface area contributed by atoms with E-state index in [4.69, 9.17) is 0 Å². The lowest BCUT2D eigenvalue weighted by Crippen LogP contribution is -2.15. The van der Waals surface area contributed by atoms with E-state index in [1.807, 2.05) is 0 Å². The highest BCUT2D eigenvalue weighted by atomic mass is 32.1. The predicted octanol–water partition coefficient (Wildman–Crippen LogP) is 2.66. The van der Waals surface area contributed by atoms with Gasteiger partial charge < -0.3 is 15.4 Å². The van der Waals surface area contributed by atoms with Crippen molar-refractivity contribution in [1.82, 2.24) is 9.38 Å². The largest absolute Gasteiger partial charge is 0.372 e. The molecule has 0 unspecified atom stereocenters. The molecule has 0 saturated heterocycles. The third-order valence-corrected chi connectivity index (χ3v) is 3.86. The van der Waals surface area contributed by atoms with Gasteiger partial charge in [0, 0.05) is 11.4 Å². The molecule has 0 aromatic carbocycles. The molecule has 6 nitrogen and oxygen atoms in total. The monoisotopic (exact) mass is 252 g/mol. The van der Waals surface area contributed by atoms with Crippen molar-refractivity contribution in [2.75, 3.05) is 5.32 Å². The Morgan fingerprint density at radius 1 is 1.53 bits per heavy atom. The number of thiazole rings is 1. The Morgan fingerprint density at radius 2 is 2.29 bits per heavy atom. The topological polar surface area (TPSA) is 72.5 Å². The number of nitro groups is 1. The first-order valence-corrected chi connectivity index (χ1v) is 6.50. The SMILES string of the molecule is O=[N+]([O-])c1c(NC2CCCC2)nc2sccn12. The van der Waals surface area contributed by atoms with Crippen molar-refractivity contribution in [3.05, 3.63) is 21.7 Å². The van der Waals surface area contributed by atoms with Gasteiger partial charge in [0.25, 0.3) is 4.96 Å². The Morgan fingerprint density at radius 3 is 3.00 bits per heavy atom. The number of nitrogens with one attached hydrogen (secondary N) is 1. The zero-order valence-electron chi connectivity index (χ0n) is 9.13. The number of nitrogens with zero attached hydrogens (tertiary/aromatic N) is 3. The molecule has 1 N–H and O–H groups in total. The van der Waals surface area contributed by atoms with Crippen LogP contribution in [0, 0.1) is 10.1 Å². The molecule has 90 valence electrons. The van der Waals surface area contributed by atoms with Crippen molar-refractivity contribution >= 4 is 27.9 Å². The Bertz CT molecular complexity index is 556. The van der Waals surface area contributed by atoms with Gasteiger partial charge in [0.15, 0.2) is 0 Å². The molecule has 2 aromatic rings. The number of hydrogen-bond acceptors (Lipinski definition) is 5. The van der Waals surface area contributed by atoms with Gasteiger partial charge >= 0.3 is 5.82 Å². The van der Waals surface area contributed by atoms with Gasteiger partial charge in [-0.05, 0) is 17.8 Å². The smallest absolute Gasteiger partial charge is 0.360 e. The van der Waals surface area contributed by atoms with E-state index in [1.54, 1.807) is 11.6 Å². The second kappa shape index (κ2) is 3.99. The Kier molecular flexibility index (Phi) is 2.47. The summed E-state index contributed by atoms with van der Waals surface area (Å²) in [6, 6.07) is 0.332. The summed E-state index contributed by atoms with van der Waals surface area (Å²) in [7, 11) is 0. The normalized spacial score (nSPS) is 16.7. The molecule has 0 aliphatic heterocycles. The molecule has 0 atom stereocenters. The van der Waals surface area contributed by atoms with Crippen LogP contribution in [0.2, 0.25) is 0 Å². The number of hydrogen-bond donors (Lipinski definition) is 1. The van der Waals surface area contributed by atoms with Crippen LogP contribution < -0.4 is 5.32 Å². The van der Waals surface area contributed by atoms with Crippen molar-refractivity contribution in [3.8, 4) is 0 Å². The quantitative estimate of drug-likeness (QED) is 0.673. The van der Waals surface area contributed by atoms with Gasteiger partial charge in [0.1, 0.15) is 6.20 Å². The third-order valence-electron chi connectivity index (χ3n) is 3.11. The summed E-state index contributed by atoms with van der Waals surface area (Å²) < 4.78 is 1.53. The molecule has 2 heterocycles. The average Bonchev–Trinajstić information content (AvgIpc) is 2.92. The molecule has 0 bridgehead atoms. The van der Waals surface area contributed by atoms with Crippen LogP contribution in [-0.2, 0) is 0 Å². The Labute approximate surface area is 101 Å². The van der Waals surface area contributed by atoms with E-state index in [0.29, 0.717) is 16.8 Å². The maximum atomic E-state index is 11.1. The minimum atomic E-state index is -0.371. The molecular formula is C10H12N4O2S. The summed E-state index contributed by atoms with van der Waals surface area (Å²) in [5.74, 6) is 0.460. The fourth-order valence-electron chi connectivity index (χ4n) is 2.31. The zero-order chi connectivity index (χ0) is 11.8. The summed E-state index contributed by atoms with van der Waals surface area (Å²) in [4.78, 5) is 15.7. The van der Waals surface area contributed by atoms with E-state index in [1.165, 1.54) is 28.6 Å². The van der Waals surface area contributed by atoms with Crippen LogP contribution in [0.5, 0.6) is 0 Å². The van der Waals surface area contributed by atoms with Crippen molar-refractivity contribution < 1.29 is 4.92 Å². The van der Waals surface area contributed by atoms with Gasteiger partial charge in [0.2, 0.25) is 5.82 Å². The van der Waals surface area contributed by atoms with E-state index < -0.39 is 0 Å². The van der Waals surface area contributed by atoms with Crippen LogP contribution >= 0.6 is 11.3 Å². The van der Waals surface area contributed by atoms with E-state index in [9.17, 15) is 10.1 Å². The van der Waals surface area contributed by atoms with Crippen molar-refractivity contribution in [3.63, 3.8) is 0 Å². The second-order valence-electron chi connectivity index (χ2n) is 4.22. The molecule has 7 heteroatoms. The van der Waals surface area contributed by atoms with Crippen molar-refractivity contribution in [2.45, 2.75) is 31.7 Å². The molecule has 3 rings (SSSR count). The molecule has 1 aliphatic carbocycles. The molecule has 1 aliphatic rings. The highest BCUT2D eigenvalue weighted by molar-refractivity contribution is 7.15. The fourth-order valence-corrected chi connectivity index (χ4v) is 3.02. The van der Waals surface area contributed by atoms with Crippen LogP contribution in [0.15, 0.2) is 11.6 Å². The zero-order valence-corrected chi connectivity index (χ0v) is 9.94. The van der Waals surface area contributed by atoms with Crippen molar-refractivity contribution in [1.29, 1.82) is 0 Å². The number of imidazole rings is 1. The second-order valence-corrected chi connectivity index (χ2v) is 5.10. The molecule has 1 saturated carbocycles. The first kappa shape index (κ1) is 10.5. The number of fused-ring (bicyclic) bond motifs is 1. The molecule has 0 amide bonds. The van der Waals surface area contributed by atoms with Crippen LogP contribution in [0.1, 0.15) is 25.7 Å². The van der Waals surface area contributed by atoms with Crippen LogP contribution in [0.3, 0.4) is 0 Å². The maximum Gasteiger partial charge on any atom is 0.372 e. The highest BCUT2D eigenvalue weighted by Gasteiger charge is 2.26. The summed E-state index contributed by atoms with van der Waals surface area (Å²) in [6.45, 7) is 0. The van der Waals surface area contributed by atoms with Gasteiger partial charge in [-0.1, -0.05) is 24.2 Å². The fraction of sp³-hybridized carbons (Fsp3) is 0.500. The van der Waals surface area contributed by atoms with Gasteiger partial charge in [-0.15, -0.1) is 0 Å². The third kappa shape index (κ3) is 1.76. The van der Waals surface area contributed by atoms with Crippen LogP contribution in [0.25, 0.3) is 4.96 Å². The standard InChI is InChI=1S/C10H12N4O2S/c15-14(16)9-8(11-7-3-1-2-4-7)12-10-13(9)5-6-17-10/h5-7,11H,1-4H2. The molecule has 0 radical (unpaired) electrons. The number of anilines is 1. The summed E-state index contributed by atoms with van der Waals surface area (Å²) in [5, 5.41) is 16.1. The molecule has 17 heavy (non-hydrogen) atoms. The predicted molar refractivity (Wildman–Crippen MR) is 65.6 cm³/mol. The Balaban J connectivity index is 1.99. The van der Waals surface area contributed by atoms with Crippen LogP contribution in [0.4, 0.5) is 11.6 Å². The minimum Gasteiger partial charge on any atom is -0.360 e. The summed E-state index contributed by atoms with van der Waals surface area (Å²) in [5.41, 5.74) is 0. The molecule has 1 fully saturated rings. The van der Waals surface area contributed by atoms with Gasteiger partial charge in [-0.25, -0.2) is 0 Å². The minimum absolute atomic E-state index is 0.0492. The number of rotatable bonds is 3. The molecular weight excluding hydrogens is 240 g/mol. The first-order chi connectivity index (χ1) is 8.25. The Hall–Kier alpha value is -1.63. The lowest BCUT2D eigenvalue weighted by atomic mass is 10.2. The highest BCUT2D eigenvalue weighted by Crippen LogP contribution is 2.30. The summed E-state index contributed by atoms with van der Waals surface area (Å²) in [6.07, 6.45) is 6.21. The van der Waals surface area contributed by atoms with E-state index in [0.717, 1.165) is 12.8 Å². The summed E-state index contributed by atoms with van der Waals surface area (Å²) >= 11 is 1.41. The number of aromatic nitrogens is 2. The first-order valence-electron chi connectivity index (χ1n) is 5.62. The average molecular weight is 252 g/mol. The lowest BCUT2D eigenvalue weighted by Gasteiger charge is -2.09. The lowest BCUT2D eigenvalue weighted by molar-refractivity contribution is -0.389. The van der Waals surface area contributed by atoms with E-state index in [2.05, 4.69) is 10.3 Å². The van der Waals surface area contributed by atoms with Gasteiger partial charge in [-0.2, -0.15) is 9.38 Å². The van der Waals surface area contributed by atoms with E-state index >= 15 is 0 Å². The van der Waals surface area contributed by atoms with Crippen LogP contribution in [-0.4, -0.2) is 20.3 Å².